The van der Waals surface area contributed by atoms with E-state index >= 15 is 0 Å². The molecule has 2 aliphatic heterocycles. The van der Waals surface area contributed by atoms with Gasteiger partial charge in [-0.1, -0.05) is 124 Å². The summed E-state index contributed by atoms with van der Waals surface area (Å²) >= 11 is 0. The highest BCUT2D eigenvalue weighted by atomic mass is 32.2. The van der Waals surface area contributed by atoms with Gasteiger partial charge in [-0.3, -0.25) is 0 Å². The third-order valence-corrected chi connectivity index (χ3v) is 10.6. The molecule has 4 aromatic rings. The van der Waals surface area contributed by atoms with Crippen LogP contribution >= 0.6 is 0 Å². The molecule has 1 saturated heterocycles. The zero-order valence-electron chi connectivity index (χ0n) is 26.2. The minimum Gasteiger partial charge on any atom is -0.374 e. The van der Waals surface area contributed by atoms with Gasteiger partial charge in [0.15, 0.2) is 9.84 Å². The van der Waals surface area contributed by atoms with Gasteiger partial charge in [0.05, 0.1) is 49.3 Å². The van der Waals surface area contributed by atoms with Gasteiger partial charge in [0.25, 0.3) is 0 Å². The molecule has 2 heterocycles. The van der Waals surface area contributed by atoms with Crippen molar-refractivity contribution < 1.29 is 27.4 Å². The van der Waals surface area contributed by atoms with E-state index in [1.165, 1.54) is 0 Å². The van der Waals surface area contributed by atoms with Crippen molar-refractivity contribution in [1.82, 2.24) is 0 Å². The van der Waals surface area contributed by atoms with Crippen LogP contribution in [0.5, 0.6) is 0 Å². The summed E-state index contributed by atoms with van der Waals surface area (Å²) in [6, 6.07) is 35.6. The average molecular weight is 627 g/mol. The summed E-state index contributed by atoms with van der Waals surface area (Å²) in [6.07, 6.45) is -2.10. The first-order valence-electron chi connectivity index (χ1n) is 15.6. The summed E-state index contributed by atoms with van der Waals surface area (Å²) in [7, 11) is -3.60. The summed E-state index contributed by atoms with van der Waals surface area (Å²) < 4.78 is 54.2. The normalized spacial score (nSPS) is 24.0. The van der Waals surface area contributed by atoms with Crippen LogP contribution in [0.4, 0.5) is 0 Å². The van der Waals surface area contributed by atoms with Crippen molar-refractivity contribution in [2.75, 3.05) is 12.4 Å². The van der Waals surface area contributed by atoms with E-state index < -0.39 is 40.2 Å². The van der Waals surface area contributed by atoms with Gasteiger partial charge >= 0.3 is 0 Å². The smallest absolute Gasteiger partial charge is 0.179 e. The van der Waals surface area contributed by atoms with Crippen LogP contribution in [-0.2, 0) is 54.0 Å². The molecule has 0 bridgehead atoms. The molecule has 45 heavy (non-hydrogen) atoms. The second-order valence-electron chi connectivity index (χ2n) is 13.1. The first-order chi connectivity index (χ1) is 21.7. The molecule has 0 amide bonds. The molecule has 6 nitrogen and oxygen atoms in total. The molecule has 6 rings (SSSR count). The lowest BCUT2D eigenvalue weighted by Gasteiger charge is -2.48. The summed E-state index contributed by atoms with van der Waals surface area (Å²) in [5, 5.41) is 0. The number of ether oxygens (including phenoxy) is 4. The first kappa shape index (κ1) is 31.6. The van der Waals surface area contributed by atoms with Gasteiger partial charge in [0.1, 0.15) is 12.2 Å². The van der Waals surface area contributed by atoms with Gasteiger partial charge in [-0.15, -0.1) is 0 Å². The lowest BCUT2D eigenvalue weighted by molar-refractivity contribution is -0.245. The second-order valence-corrected chi connectivity index (χ2v) is 15.1. The van der Waals surface area contributed by atoms with Crippen LogP contribution < -0.4 is 0 Å². The van der Waals surface area contributed by atoms with Crippen LogP contribution in [-0.4, -0.2) is 39.1 Å². The van der Waals surface area contributed by atoms with E-state index in [0.29, 0.717) is 30.3 Å². The standard InChI is InChI=1S/C38H42O6S/c1-38(2,3)30-19-20-34-31(21-30)35-32(26-45(34,39)40)36(42-23-28-15-9-5-10-16-28)37(43-24-29-17-11-6-12-18-29)33(44-35)25-41-22-27-13-7-4-8-14-27/h4-21,32-33,35-37H,22-26H2,1-3H3/t32-,33+,35-,36+,37+/m0/s1. The van der Waals surface area contributed by atoms with Crippen LogP contribution in [0.3, 0.4) is 0 Å². The van der Waals surface area contributed by atoms with Crippen LogP contribution in [0, 0.1) is 5.92 Å². The van der Waals surface area contributed by atoms with Crippen molar-refractivity contribution in [2.45, 2.75) is 75.3 Å². The monoisotopic (exact) mass is 626 g/mol. The Morgan fingerprint density at radius 2 is 1.24 bits per heavy atom. The van der Waals surface area contributed by atoms with Crippen molar-refractivity contribution >= 4 is 9.84 Å². The lowest BCUT2D eigenvalue weighted by Crippen LogP contribution is -2.57. The summed E-state index contributed by atoms with van der Waals surface area (Å²) in [6.45, 7) is 7.75. The Labute approximate surface area is 267 Å². The average Bonchev–Trinajstić information content (AvgIpc) is 3.04. The van der Waals surface area contributed by atoms with E-state index in [-0.39, 0.29) is 17.8 Å². The number of hydrogen-bond donors (Lipinski definition) is 0. The fraction of sp³-hybridized carbons (Fsp3) is 0.368. The predicted molar refractivity (Wildman–Crippen MR) is 174 cm³/mol. The Hall–Kier alpha value is -3.33. The molecule has 1 fully saturated rings. The van der Waals surface area contributed by atoms with Crippen molar-refractivity contribution in [2.24, 2.45) is 5.92 Å². The van der Waals surface area contributed by atoms with Gasteiger partial charge in [-0.05, 0) is 33.7 Å². The zero-order valence-corrected chi connectivity index (χ0v) is 27.0. The Balaban J connectivity index is 1.37. The molecule has 0 unspecified atom stereocenters. The molecule has 0 N–H and O–H groups in total. The van der Waals surface area contributed by atoms with E-state index in [0.717, 1.165) is 22.3 Å². The molecule has 2 aliphatic rings. The maximum absolute atomic E-state index is 13.8. The quantitative estimate of drug-likeness (QED) is 0.185. The Morgan fingerprint density at radius 1 is 0.711 bits per heavy atom. The Bertz CT molecular complexity index is 1650. The molecule has 0 aliphatic carbocycles. The van der Waals surface area contributed by atoms with Crippen molar-refractivity contribution in [3.8, 4) is 0 Å². The third-order valence-electron chi connectivity index (χ3n) is 8.72. The Kier molecular flexibility index (Phi) is 9.54. The maximum Gasteiger partial charge on any atom is 0.179 e. The topological polar surface area (TPSA) is 71.1 Å². The van der Waals surface area contributed by atoms with E-state index in [1.54, 1.807) is 6.07 Å². The molecule has 236 valence electrons. The summed E-state index contributed by atoms with van der Waals surface area (Å²) in [5.74, 6) is -0.547. The van der Waals surface area contributed by atoms with Crippen LogP contribution in [0.25, 0.3) is 0 Å². The van der Waals surface area contributed by atoms with E-state index in [2.05, 4.69) is 20.8 Å². The van der Waals surface area contributed by atoms with Crippen LogP contribution in [0.1, 0.15) is 54.7 Å². The minimum atomic E-state index is -3.60. The fourth-order valence-electron chi connectivity index (χ4n) is 6.30. The second kappa shape index (κ2) is 13.6. The van der Waals surface area contributed by atoms with Crippen molar-refractivity contribution in [3.05, 3.63) is 137 Å². The van der Waals surface area contributed by atoms with Gasteiger partial charge in [-0.2, -0.15) is 0 Å². The van der Waals surface area contributed by atoms with Crippen molar-refractivity contribution in [1.29, 1.82) is 0 Å². The summed E-state index contributed by atoms with van der Waals surface area (Å²) in [5.41, 5.74) is 4.68. The number of sulfone groups is 1. The maximum atomic E-state index is 13.8. The largest absolute Gasteiger partial charge is 0.374 e. The molecule has 5 atom stereocenters. The van der Waals surface area contributed by atoms with E-state index in [4.69, 9.17) is 18.9 Å². The van der Waals surface area contributed by atoms with E-state index in [9.17, 15) is 8.42 Å². The summed E-state index contributed by atoms with van der Waals surface area (Å²) in [4.78, 5) is 0.339. The molecule has 4 aromatic carbocycles. The van der Waals surface area contributed by atoms with Gasteiger partial charge in [0.2, 0.25) is 0 Å². The lowest BCUT2D eigenvalue weighted by atomic mass is 9.81. The Morgan fingerprint density at radius 3 is 1.80 bits per heavy atom. The number of hydrogen-bond acceptors (Lipinski definition) is 6. The van der Waals surface area contributed by atoms with Crippen molar-refractivity contribution in [3.63, 3.8) is 0 Å². The molecular formula is C38H42O6S. The van der Waals surface area contributed by atoms with Crippen LogP contribution in [0.2, 0.25) is 0 Å². The zero-order chi connectivity index (χ0) is 31.4. The number of fused-ring (bicyclic) bond motifs is 3. The number of benzene rings is 4. The molecule has 0 saturated carbocycles. The predicted octanol–water partition coefficient (Wildman–Crippen LogP) is 7.22. The third kappa shape index (κ3) is 7.40. The molecule has 7 heteroatoms. The first-order valence-corrected chi connectivity index (χ1v) is 17.3. The molecule has 0 spiro atoms. The molecule has 0 radical (unpaired) electrons. The van der Waals surface area contributed by atoms with E-state index in [1.807, 2.05) is 103 Å². The van der Waals surface area contributed by atoms with Gasteiger partial charge in [0, 0.05) is 11.5 Å². The minimum absolute atomic E-state index is 0.0816. The SMILES string of the molecule is CC(C)(C)c1ccc2c(c1)[C@@H]1O[C@H](COCc3ccccc3)[C@@H](OCc3ccccc3)[C@H](OCc3ccccc3)[C@H]1CS2(=O)=O. The number of rotatable bonds is 10. The van der Waals surface area contributed by atoms with Gasteiger partial charge in [-0.25, -0.2) is 8.42 Å². The fourth-order valence-corrected chi connectivity index (χ4v) is 8.16. The highest BCUT2D eigenvalue weighted by Gasteiger charge is 2.53. The van der Waals surface area contributed by atoms with Crippen LogP contribution in [0.15, 0.2) is 114 Å². The molecule has 0 aromatic heterocycles. The highest BCUT2D eigenvalue weighted by molar-refractivity contribution is 7.91. The van der Waals surface area contributed by atoms with Gasteiger partial charge < -0.3 is 18.9 Å². The molecular weight excluding hydrogens is 584 g/mol. The highest BCUT2D eigenvalue weighted by Crippen LogP contribution is 2.47.